The number of hydrogen-bond acceptors (Lipinski definition) is 4. The van der Waals surface area contributed by atoms with Gasteiger partial charge in [0, 0.05) is 24.7 Å². The van der Waals surface area contributed by atoms with Gasteiger partial charge in [-0.05, 0) is 45.8 Å². The zero-order valence-electron chi connectivity index (χ0n) is 12.9. The fraction of sp³-hybridized carbons (Fsp3) is 0.733. The van der Waals surface area contributed by atoms with Crippen molar-refractivity contribution < 1.29 is 14.6 Å². The Morgan fingerprint density at radius 3 is 2.65 bits per heavy atom. The number of nitrogens with zero attached hydrogens (tertiary/aromatic N) is 2. The molecule has 112 valence electrons. The Kier molecular flexibility index (Phi) is 3.91. The molecule has 2 aliphatic rings. The van der Waals surface area contributed by atoms with Gasteiger partial charge >= 0.3 is 6.09 Å². The smallest absolute Gasteiger partial charge is 0.410 e. The number of carbonyl (C=O) groups is 1. The largest absolute Gasteiger partial charge is 0.444 e. The quantitative estimate of drug-likeness (QED) is 0.799. The van der Waals surface area contributed by atoms with Gasteiger partial charge in [0.15, 0.2) is 0 Å². The summed E-state index contributed by atoms with van der Waals surface area (Å²) in [5.41, 5.74) is 2.83. The minimum absolute atomic E-state index is 0.0148. The number of hydrogen-bond donors (Lipinski definition) is 1. The van der Waals surface area contributed by atoms with Crippen molar-refractivity contribution in [1.29, 1.82) is 0 Å². The van der Waals surface area contributed by atoms with Crippen LogP contribution in [0.4, 0.5) is 4.79 Å². The number of fused-ring (bicyclic) bond motifs is 1. The summed E-state index contributed by atoms with van der Waals surface area (Å²) >= 11 is 0. The second-order valence-electron chi connectivity index (χ2n) is 6.58. The van der Waals surface area contributed by atoms with Crippen LogP contribution >= 0.6 is 0 Å². The molecule has 0 radical (unpaired) electrons. The molecular formula is C15H24N2O3. The molecule has 5 heteroatoms. The van der Waals surface area contributed by atoms with E-state index in [4.69, 9.17) is 4.74 Å². The van der Waals surface area contributed by atoms with Crippen molar-refractivity contribution in [2.75, 3.05) is 19.7 Å². The number of carbonyl (C=O) groups excluding carboxylic acids is 1. The van der Waals surface area contributed by atoms with Crippen LogP contribution in [0.5, 0.6) is 0 Å². The molecular weight excluding hydrogens is 256 g/mol. The van der Waals surface area contributed by atoms with Crippen LogP contribution in [0.3, 0.4) is 0 Å². The lowest BCUT2D eigenvalue weighted by atomic mass is 9.87. The monoisotopic (exact) mass is 280 g/mol. The van der Waals surface area contributed by atoms with Crippen molar-refractivity contribution in [2.45, 2.75) is 46.3 Å². The Morgan fingerprint density at radius 2 is 2.10 bits per heavy atom. The molecule has 2 rings (SSSR count). The third kappa shape index (κ3) is 2.87. The van der Waals surface area contributed by atoms with Gasteiger partial charge in [0.05, 0.1) is 12.6 Å². The van der Waals surface area contributed by atoms with E-state index in [1.54, 1.807) is 4.90 Å². The highest BCUT2D eigenvalue weighted by molar-refractivity contribution is 5.99. The number of rotatable bonds is 1. The molecule has 0 aromatic carbocycles. The maximum atomic E-state index is 12.2. The highest BCUT2D eigenvalue weighted by Gasteiger charge is 2.40. The topological polar surface area (TPSA) is 62.1 Å². The van der Waals surface area contributed by atoms with Crippen molar-refractivity contribution in [3.63, 3.8) is 0 Å². The SMILES string of the molecule is CC1=NC(CO)C2CN(C(=O)OC(C)(C)C)CC2=C1C. The van der Waals surface area contributed by atoms with Gasteiger partial charge < -0.3 is 14.7 Å². The molecule has 0 saturated carbocycles. The summed E-state index contributed by atoms with van der Waals surface area (Å²) in [6, 6.07) is -0.138. The average Bonchev–Trinajstić information content (AvgIpc) is 2.77. The van der Waals surface area contributed by atoms with E-state index in [1.165, 1.54) is 5.57 Å². The summed E-state index contributed by atoms with van der Waals surface area (Å²) in [6.07, 6.45) is -0.290. The van der Waals surface area contributed by atoms with Gasteiger partial charge in [-0.25, -0.2) is 4.79 Å². The molecule has 2 aliphatic heterocycles. The first-order chi connectivity index (χ1) is 9.23. The Morgan fingerprint density at radius 1 is 1.45 bits per heavy atom. The van der Waals surface area contributed by atoms with Crippen LogP contribution < -0.4 is 0 Å². The number of likely N-dealkylation sites (tertiary alicyclic amines) is 1. The maximum absolute atomic E-state index is 12.2. The number of aliphatic hydroxyl groups is 1. The molecule has 1 fully saturated rings. The van der Waals surface area contributed by atoms with Crippen molar-refractivity contribution in [1.82, 2.24) is 4.90 Å². The van der Waals surface area contributed by atoms with Gasteiger partial charge in [-0.3, -0.25) is 4.99 Å². The van der Waals surface area contributed by atoms with Gasteiger partial charge in [-0.2, -0.15) is 0 Å². The molecule has 20 heavy (non-hydrogen) atoms. The first kappa shape index (κ1) is 15.0. The second kappa shape index (κ2) is 5.20. The van der Waals surface area contributed by atoms with E-state index >= 15 is 0 Å². The van der Waals surface area contributed by atoms with E-state index < -0.39 is 5.60 Å². The number of aliphatic hydroxyl groups excluding tert-OH is 1. The number of amides is 1. The number of dihydropyridines is 1. The van der Waals surface area contributed by atoms with Gasteiger partial charge in [0.25, 0.3) is 0 Å². The van der Waals surface area contributed by atoms with E-state index in [1.807, 2.05) is 34.6 Å². The Bertz CT molecular complexity index is 474. The molecule has 2 heterocycles. The fourth-order valence-electron chi connectivity index (χ4n) is 2.79. The molecule has 1 amide bonds. The van der Waals surface area contributed by atoms with Gasteiger partial charge in [-0.15, -0.1) is 0 Å². The zero-order chi connectivity index (χ0) is 15.1. The third-order valence-electron chi connectivity index (χ3n) is 3.91. The molecule has 2 unspecified atom stereocenters. The van der Waals surface area contributed by atoms with E-state index in [0.717, 1.165) is 11.3 Å². The summed E-state index contributed by atoms with van der Waals surface area (Å²) in [5.74, 6) is 0.121. The number of ether oxygens (including phenoxy) is 1. The standard InChI is InChI=1S/C15H24N2O3/c1-9-10(2)16-13(8-18)12-7-17(6-11(9)12)14(19)20-15(3,4)5/h12-13,18H,6-8H2,1-5H3. The summed E-state index contributed by atoms with van der Waals surface area (Å²) in [4.78, 5) is 18.4. The summed E-state index contributed by atoms with van der Waals surface area (Å²) < 4.78 is 5.42. The number of aliphatic imine (C=N–C) groups is 1. The molecule has 0 aromatic rings. The maximum Gasteiger partial charge on any atom is 0.410 e. The van der Waals surface area contributed by atoms with Crippen LogP contribution in [0.1, 0.15) is 34.6 Å². The summed E-state index contributed by atoms with van der Waals surface area (Å²) in [6.45, 7) is 10.7. The first-order valence-electron chi connectivity index (χ1n) is 7.06. The van der Waals surface area contributed by atoms with Crippen LogP contribution in [-0.4, -0.2) is 53.2 Å². The molecule has 0 spiro atoms. The minimum atomic E-state index is -0.489. The normalized spacial score (nSPS) is 26.5. The van der Waals surface area contributed by atoms with E-state index in [0.29, 0.717) is 13.1 Å². The Hall–Kier alpha value is -1.36. The van der Waals surface area contributed by atoms with Gasteiger partial charge in [0.2, 0.25) is 0 Å². The van der Waals surface area contributed by atoms with Crippen molar-refractivity contribution in [2.24, 2.45) is 10.9 Å². The van der Waals surface area contributed by atoms with Crippen LogP contribution in [0.15, 0.2) is 16.1 Å². The lowest BCUT2D eigenvalue weighted by Gasteiger charge is -2.26. The van der Waals surface area contributed by atoms with E-state index in [9.17, 15) is 9.90 Å². The first-order valence-corrected chi connectivity index (χ1v) is 7.06. The molecule has 5 nitrogen and oxygen atoms in total. The fourth-order valence-corrected chi connectivity index (χ4v) is 2.79. The third-order valence-corrected chi connectivity index (χ3v) is 3.91. The summed E-state index contributed by atoms with van der Waals surface area (Å²) in [7, 11) is 0. The predicted molar refractivity (Wildman–Crippen MR) is 78.0 cm³/mol. The van der Waals surface area contributed by atoms with E-state index in [2.05, 4.69) is 4.99 Å². The van der Waals surface area contributed by atoms with Crippen LogP contribution in [-0.2, 0) is 4.74 Å². The minimum Gasteiger partial charge on any atom is -0.444 e. The van der Waals surface area contributed by atoms with Crippen LogP contribution in [0, 0.1) is 5.92 Å². The summed E-state index contributed by atoms with van der Waals surface area (Å²) in [5, 5.41) is 9.49. The lowest BCUT2D eigenvalue weighted by molar-refractivity contribution is 0.0286. The van der Waals surface area contributed by atoms with Crippen molar-refractivity contribution in [3.05, 3.63) is 11.1 Å². The van der Waals surface area contributed by atoms with Crippen LogP contribution in [0.25, 0.3) is 0 Å². The molecule has 0 bridgehead atoms. The molecule has 1 saturated heterocycles. The molecule has 1 N–H and O–H groups in total. The van der Waals surface area contributed by atoms with Gasteiger partial charge in [0.1, 0.15) is 5.60 Å². The highest BCUT2D eigenvalue weighted by Crippen LogP contribution is 2.34. The Balaban J connectivity index is 2.17. The number of allylic oxidation sites excluding steroid dienone is 1. The molecule has 2 atom stereocenters. The van der Waals surface area contributed by atoms with Crippen molar-refractivity contribution in [3.8, 4) is 0 Å². The Labute approximate surface area is 120 Å². The lowest BCUT2D eigenvalue weighted by Crippen LogP contribution is -2.36. The highest BCUT2D eigenvalue weighted by atomic mass is 16.6. The predicted octanol–water partition coefficient (Wildman–Crippen LogP) is 2.01. The molecule has 0 aromatic heterocycles. The van der Waals surface area contributed by atoms with Crippen molar-refractivity contribution >= 4 is 11.8 Å². The molecule has 0 aliphatic carbocycles. The van der Waals surface area contributed by atoms with E-state index in [-0.39, 0.29) is 24.7 Å². The van der Waals surface area contributed by atoms with Crippen LogP contribution in [0.2, 0.25) is 0 Å². The zero-order valence-corrected chi connectivity index (χ0v) is 12.9. The average molecular weight is 280 g/mol. The van der Waals surface area contributed by atoms with Gasteiger partial charge in [-0.1, -0.05) is 0 Å². The second-order valence-corrected chi connectivity index (χ2v) is 6.58.